The number of benzene rings is 2. The zero-order valence-electron chi connectivity index (χ0n) is 15.5. The van der Waals surface area contributed by atoms with E-state index in [1.54, 1.807) is 30.3 Å². The molecule has 0 aliphatic carbocycles. The summed E-state index contributed by atoms with van der Waals surface area (Å²) in [5.41, 5.74) is 2.47. The Kier molecular flexibility index (Phi) is 6.16. The summed E-state index contributed by atoms with van der Waals surface area (Å²) in [5.74, 6) is -1.34. The van der Waals surface area contributed by atoms with Crippen LogP contribution in [0.15, 0.2) is 48.5 Å². The van der Waals surface area contributed by atoms with E-state index in [4.69, 9.17) is 5.11 Å². The van der Waals surface area contributed by atoms with Crippen LogP contribution < -0.4 is 0 Å². The van der Waals surface area contributed by atoms with E-state index in [-0.39, 0.29) is 18.0 Å². The Morgan fingerprint density at radius 1 is 0.885 bits per heavy atom. The van der Waals surface area contributed by atoms with Gasteiger partial charge in [-0.3, -0.25) is 4.79 Å². The Bertz CT molecular complexity index is 773. The first-order valence-electron chi connectivity index (χ1n) is 8.67. The smallest absolute Gasteiger partial charge is 0.337 e. The fourth-order valence-corrected chi connectivity index (χ4v) is 3.11. The molecule has 0 saturated heterocycles. The maximum Gasteiger partial charge on any atom is 0.337 e. The van der Waals surface area contributed by atoms with E-state index < -0.39 is 12.1 Å². The van der Waals surface area contributed by atoms with Crippen LogP contribution >= 0.6 is 0 Å². The summed E-state index contributed by atoms with van der Waals surface area (Å²) >= 11 is 0. The summed E-state index contributed by atoms with van der Waals surface area (Å²) < 4.78 is 0. The standard InChI is InChI=1S/C21H25NO4/c1-13(2)22(14(3)4)20(24)18-8-6-5-7-17(18)15-9-11-16(12-10-15)19(23)21(25)26/h5-14,19,23H,1-4H3,(H,25,26)/t19-/m1/s1. The van der Waals surface area contributed by atoms with Crippen LogP contribution in [0.2, 0.25) is 0 Å². The topological polar surface area (TPSA) is 77.8 Å². The molecule has 2 rings (SSSR count). The van der Waals surface area contributed by atoms with Crippen molar-refractivity contribution >= 4 is 11.9 Å². The van der Waals surface area contributed by atoms with Crippen molar-refractivity contribution in [3.05, 3.63) is 59.7 Å². The molecular weight excluding hydrogens is 330 g/mol. The molecule has 0 aliphatic rings. The van der Waals surface area contributed by atoms with Crippen LogP contribution in [0, 0.1) is 0 Å². The minimum absolute atomic E-state index is 0.0414. The Balaban J connectivity index is 2.43. The van der Waals surface area contributed by atoms with Crippen LogP contribution in [0.4, 0.5) is 0 Å². The van der Waals surface area contributed by atoms with Gasteiger partial charge in [-0.1, -0.05) is 42.5 Å². The first-order chi connectivity index (χ1) is 12.2. The second kappa shape index (κ2) is 8.15. The highest BCUT2D eigenvalue weighted by molar-refractivity contribution is 6.01. The van der Waals surface area contributed by atoms with Gasteiger partial charge in [0.15, 0.2) is 6.10 Å². The zero-order chi connectivity index (χ0) is 19.4. The van der Waals surface area contributed by atoms with E-state index in [9.17, 15) is 14.7 Å². The van der Waals surface area contributed by atoms with E-state index in [2.05, 4.69) is 0 Å². The van der Waals surface area contributed by atoms with Crippen LogP contribution in [-0.2, 0) is 4.79 Å². The largest absolute Gasteiger partial charge is 0.479 e. The van der Waals surface area contributed by atoms with Gasteiger partial charge in [0.25, 0.3) is 5.91 Å². The van der Waals surface area contributed by atoms with Gasteiger partial charge in [0.05, 0.1) is 0 Å². The maximum atomic E-state index is 13.1. The summed E-state index contributed by atoms with van der Waals surface area (Å²) in [4.78, 5) is 25.8. The fourth-order valence-electron chi connectivity index (χ4n) is 3.11. The number of carbonyl (C=O) groups is 2. The zero-order valence-corrected chi connectivity index (χ0v) is 15.5. The van der Waals surface area contributed by atoms with Crippen molar-refractivity contribution in [1.29, 1.82) is 0 Å². The molecular formula is C21H25NO4. The van der Waals surface area contributed by atoms with Crippen molar-refractivity contribution in [2.24, 2.45) is 0 Å². The average Bonchev–Trinajstić information content (AvgIpc) is 2.60. The molecule has 5 nitrogen and oxygen atoms in total. The molecule has 0 heterocycles. The Morgan fingerprint density at radius 3 is 1.92 bits per heavy atom. The van der Waals surface area contributed by atoms with E-state index >= 15 is 0 Å². The van der Waals surface area contributed by atoms with Gasteiger partial charge in [-0.25, -0.2) is 4.79 Å². The van der Waals surface area contributed by atoms with Gasteiger partial charge in [0, 0.05) is 17.6 Å². The molecule has 5 heteroatoms. The quantitative estimate of drug-likeness (QED) is 0.828. The normalized spacial score (nSPS) is 12.3. The molecule has 26 heavy (non-hydrogen) atoms. The lowest BCUT2D eigenvalue weighted by Crippen LogP contribution is -2.42. The van der Waals surface area contributed by atoms with Crippen LogP contribution in [0.1, 0.15) is 49.7 Å². The second-order valence-electron chi connectivity index (χ2n) is 6.81. The number of amides is 1. The number of carbonyl (C=O) groups excluding carboxylic acids is 1. The molecule has 1 atom stereocenters. The van der Waals surface area contributed by atoms with Gasteiger partial charge in [0.2, 0.25) is 0 Å². The van der Waals surface area contributed by atoms with Crippen molar-refractivity contribution < 1.29 is 19.8 Å². The molecule has 0 aromatic heterocycles. The van der Waals surface area contributed by atoms with Crippen LogP contribution in [0.25, 0.3) is 11.1 Å². The van der Waals surface area contributed by atoms with Gasteiger partial charge in [-0.15, -0.1) is 0 Å². The fraction of sp³-hybridized carbons (Fsp3) is 0.333. The molecule has 0 spiro atoms. The van der Waals surface area contributed by atoms with Gasteiger partial charge in [-0.2, -0.15) is 0 Å². The molecule has 1 amide bonds. The predicted molar refractivity (Wildman–Crippen MR) is 101 cm³/mol. The lowest BCUT2D eigenvalue weighted by atomic mass is 9.96. The highest BCUT2D eigenvalue weighted by atomic mass is 16.4. The minimum Gasteiger partial charge on any atom is -0.479 e. The monoisotopic (exact) mass is 355 g/mol. The Morgan fingerprint density at radius 2 is 1.42 bits per heavy atom. The van der Waals surface area contributed by atoms with Crippen molar-refractivity contribution in [3.63, 3.8) is 0 Å². The third-order valence-corrected chi connectivity index (χ3v) is 4.28. The van der Waals surface area contributed by atoms with Crippen LogP contribution in [0.3, 0.4) is 0 Å². The molecule has 0 bridgehead atoms. The van der Waals surface area contributed by atoms with Gasteiger partial charge in [0.1, 0.15) is 0 Å². The molecule has 138 valence electrons. The number of hydrogen-bond donors (Lipinski definition) is 2. The molecule has 2 aromatic rings. The second-order valence-corrected chi connectivity index (χ2v) is 6.81. The number of aliphatic carboxylic acids is 1. The van der Waals surface area contributed by atoms with Crippen LogP contribution in [-0.4, -0.2) is 39.1 Å². The number of nitrogens with zero attached hydrogens (tertiary/aromatic N) is 1. The lowest BCUT2D eigenvalue weighted by molar-refractivity contribution is -0.146. The van der Waals surface area contributed by atoms with E-state index in [0.29, 0.717) is 11.1 Å². The molecule has 0 unspecified atom stereocenters. The summed E-state index contributed by atoms with van der Waals surface area (Å²) in [6.07, 6.45) is -1.56. The molecule has 0 radical (unpaired) electrons. The number of aliphatic hydroxyl groups is 1. The molecule has 2 N–H and O–H groups in total. The predicted octanol–water partition coefficient (Wildman–Crippen LogP) is 3.73. The van der Waals surface area contributed by atoms with Crippen molar-refractivity contribution in [2.75, 3.05) is 0 Å². The Hall–Kier alpha value is -2.66. The summed E-state index contributed by atoms with van der Waals surface area (Å²) in [7, 11) is 0. The summed E-state index contributed by atoms with van der Waals surface area (Å²) in [6, 6.07) is 14.1. The van der Waals surface area contributed by atoms with Gasteiger partial charge < -0.3 is 15.1 Å². The van der Waals surface area contributed by atoms with Crippen molar-refractivity contribution in [3.8, 4) is 11.1 Å². The summed E-state index contributed by atoms with van der Waals surface area (Å²) in [5, 5.41) is 18.5. The van der Waals surface area contributed by atoms with Gasteiger partial charge >= 0.3 is 5.97 Å². The van der Waals surface area contributed by atoms with Crippen molar-refractivity contribution in [2.45, 2.75) is 45.9 Å². The third kappa shape index (κ3) is 4.11. The highest BCUT2D eigenvalue weighted by Gasteiger charge is 2.24. The number of aliphatic hydroxyl groups excluding tert-OH is 1. The third-order valence-electron chi connectivity index (χ3n) is 4.28. The molecule has 0 aliphatic heterocycles. The lowest BCUT2D eigenvalue weighted by Gasteiger charge is -2.31. The first-order valence-corrected chi connectivity index (χ1v) is 8.67. The van der Waals surface area contributed by atoms with Crippen LogP contribution in [0.5, 0.6) is 0 Å². The average molecular weight is 355 g/mol. The Labute approximate surface area is 153 Å². The number of carboxylic acids is 1. The number of hydrogen-bond acceptors (Lipinski definition) is 3. The number of carboxylic acid groups (broad SMARTS) is 1. The maximum absolute atomic E-state index is 13.1. The first kappa shape index (κ1) is 19.7. The molecule has 0 fully saturated rings. The van der Waals surface area contributed by atoms with E-state index in [1.807, 2.05) is 50.8 Å². The number of rotatable bonds is 6. The van der Waals surface area contributed by atoms with Gasteiger partial charge in [-0.05, 0) is 50.5 Å². The molecule has 0 saturated carbocycles. The molecule has 2 aromatic carbocycles. The minimum atomic E-state index is -1.56. The van der Waals surface area contributed by atoms with E-state index in [1.165, 1.54) is 0 Å². The highest BCUT2D eigenvalue weighted by Crippen LogP contribution is 2.27. The summed E-state index contributed by atoms with van der Waals surface area (Å²) in [6.45, 7) is 7.95. The van der Waals surface area contributed by atoms with Crippen molar-refractivity contribution in [1.82, 2.24) is 4.90 Å². The van der Waals surface area contributed by atoms with E-state index in [0.717, 1.165) is 11.1 Å². The SMILES string of the molecule is CC(C)N(C(=O)c1ccccc1-c1ccc([C@@H](O)C(=O)O)cc1)C(C)C.